The van der Waals surface area contributed by atoms with Crippen LogP contribution in [0.5, 0.6) is 0 Å². The molecule has 3 amide bonds. The zero-order chi connectivity index (χ0) is 46.6. The van der Waals surface area contributed by atoms with Gasteiger partial charge in [0.25, 0.3) is 11.8 Å². The molecule has 8 atom stereocenters. The molecule has 5 aromatic rings. The number of ether oxygens (including phenoxy) is 1. The zero-order valence-electron chi connectivity index (χ0n) is 39.2. The van der Waals surface area contributed by atoms with Crippen molar-refractivity contribution in [2.75, 3.05) is 14.2 Å². The molecule has 14 nitrogen and oxygen atoms in total. The Balaban J connectivity index is 0.804. The number of rotatable bonds is 13. The predicted octanol–water partition coefficient (Wildman–Crippen LogP) is 10.4. The van der Waals surface area contributed by atoms with E-state index in [9.17, 15) is 14.4 Å². The first-order valence-electron chi connectivity index (χ1n) is 24.9. The van der Waals surface area contributed by atoms with Crippen LogP contribution in [0.4, 0.5) is 4.79 Å². The van der Waals surface area contributed by atoms with Gasteiger partial charge in [-0.25, -0.2) is 19.8 Å². The van der Waals surface area contributed by atoms with Crippen molar-refractivity contribution in [3.05, 3.63) is 131 Å². The largest absolute Gasteiger partial charge is 0.453 e. The van der Waals surface area contributed by atoms with E-state index in [1.807, 2.05) is 78.0 Å². The van der Waals surface area contributed by atoms with E-state index in [2.05, 4.69) is 49.4 Å². The molecule has 68 heavy (non-hydrogen) atoms. The maximum atomic E-state index is 14.6. The van der Waals surface area contributed by atoms with Crippen LogP contribution in [0, 0.1) is 11.8 Å². The van der Waals surface area contributed by atoms with Gasteiger partial charge in [-0.3, -0.25) is 9.59 Å². The summed E-state index contributed by atoms with van der Waals surface area (Å²) in [6.07, 6.45) is 19.1. The van der Waals surface area contributed by atoms with Crippen LogP contribution in [0.1, 0.15) is 160 Å². The highest BCUT2D eigenvalue weighted by Crippen LogP contribution is 2.49. The van der Waals surface area contributed by atoms with Crippen molar-refractivity contribution in [2.24, 2.45) is 16.8 Å². The molecule has 5 fully saturated rings. The molecular formula is C54H64N8O6. The first-order valence-corrected chi connectivity index (χ1v) is 24.9. The van der Waals surface area contributed by atoms with Gasteiger partial charge in [0.05, 0.1) is 38.2 Å². The number of hydrogen-bond acceptors (Lipinski definition) is 9. The third-order valence-corrected chi connectivity index (χ3v) is 15.9. The molecule has 3 aromatic carbocycles. The molecule has 0 radical (unpaired) electrons. The first-order chi connectivity index (χ1) is 33.4. The number of carbonyl (C=O) groups excluding carboxylic acids is 3. The molecule has 0 spiro atoms. The monoisotopic (exact) mass is 920 g/mol. The summed E-state index contributed by atoms with van der Waals surface area (Å²) in [6.45, 7) is 0. The van der Waals surface area contributed by atoms with Crippen LogP contribution in [-0.2, 0) is 24.1 Å². The van der Waals surface area contributed by atoms with Crippen LogP contribution < -0.4 is 5.32 Å². The van der Waals surface area contributed by atoms with Crippen molar-refractivity contribution in [1.82, 2.24) is 35.1 Å². The number of nitrogens with zero attached hydrogens (tertiary/aromatic N) is 5. The van der Waals surface area contributed by atoms with Gasteiger partial charge in [-0.05, 0) is 104 Å². The minimum absolute atomic E-state index is 0.0509. The molecule has 0 bridgehead atoms. The number of nitrogens with one attached hydrogen (secondary N) is 3. The third-order valence-electron chi connectivity index (χ3n) is 15.9. The summed E-state index contributed by atoms with van der Waals surface area (Å²) in [6, 6.07) is 26.3. The highest BCUT2D eigenvalue weighted by Gasteiger charge is 2.49. The Hall–Kier alpha value is -6.28. The number of imidazole rings is 2. The van der Waals surface area contributed by atoms with Crippen molar-refractivity contribution in [3.8, 4) is 11.3 Å². The quantitative estimate of drug-likeness (QED) is 0.0454. The SMILES string of the molecule is COO/C=N\[C@@H](C(=O)N1[C@@H]2CCCC[C@@H]2C[C@H]1c1ncc(-c2ccc([C@H]3CC[C@H](c4cnc([C@@H]5C[C@H]6CCCC[C@H]6N5C(=O)[C@H](NC(=O)OC)c5ccccc5)[nH]4)CC3)cc2)[nH]1)c1ccccc1. The van der Waals surface area contributed by atoms with Gasteiger partial charge in [0.2, 0.25) is 6.40 Å². The van der Waals surface area contributed by atoms with Crippen molar-refractivity contribution in [2.45, 2.75) is 138 Å². The second-order valence-corrected chi connectivity index (χ2v) is 19.6. The Morgan fingerprint density at radius 1 is 0.676 bits per heavy atom. The highest BCUT2D eigenvalue weighted by atomic mass is 17.2. The van der Waals surface area contributed by atoms with Crippen molar-refractivity contribution in [3.63, 3.8) is 0 Å². The summed E-state index contributed by atoms with van der Waals surface area (Å²) >= 11 is 0. The summed E-state index contributed by atoms with van der Waals surface area (Å²) in [5, 5.41) is 2.84. The summed E-state index contributed by atoms with van der Waals surface area (Å²) < 4.78 is 4.97. The molecule has 0 unspecified atom stereocenters. The molecular weight excluding hydrogens is 857 g/mol. The van der Waals surface area contributed by atoms with Crippen LogP contribution in [0.2, 0.25) is 0 Å². The van der Waals surface area contributed by atoms with Crippen LogP contribution >= 0.6 is 0 Å². The Kier molecular flexibility index (Phi) is 13.7. The van der Waals surface area contributed by atoms with E-state index < -0.39 is 18.2 Å². The number of alkyl carbamates (subject to hydrolysis) is 1. The molecule has 3 saturated carbocycles. The lowest BCUT2D eigenvalue weighted by molar-refractivity contribution is -0.188. The number of hydrogen-bond donors (Lipinski definition) is 3. The lowest BCUT2D eigenvalue weighted by Crippen LogP contribution is -2.47. The van der Waals surface area contributed by atoms with Gasteiger partial charge in [0, 0.05) is 29.9 Å². The fraction of sp³-hybridized carbons (Fsp3) is 0.481. The minimum Gasteiger partial charge on any atom is -0.453 e. The number of benzene rings is 3. The Morgan fingerprint density at radius 2 is 1.25 bits per heavy atom. The van der Waals surface area contributed by atoms with E-state index in [1.54, 1.807) is 0 Å². The van der Waals surface area contributed by atoms with Gasteiger partial charge in [-0.15, -0.1) is 0 Å². The number of likely N-dealkylation sites (tertiary alicyclic amines) is 2. The maximum Gasteiger partial charge on any atom is 0.407 e. The molecule has 2 saturated heterocycles. The number of amides is 3. The predicted molar refractivity (Wildman–Crippen MR) is 257 cm³/mol. The molecule has 5 aliphatic rings. The van der Waals surface area contributed by atoms with Crippen molar-refractivity contribution in [1.29, 1.82) is 0 Å². The van der Waals surface area contributed by atoms with Crippen LogP contribution in [0.3, 0.4) is 0 Å². The average Bonchev–Trinajstić information content (AvgIpc) is 4.23. The third kappa shape index (κ3) is 9.31. The first kappa shape index (κ1) is 45.5. The average molecular weight is 921 g/mol. The zero-order valence-corrected chi connectivity index (χ0v) is 39.2. The van der Waals surface area contributed by atoms with E-state index in [4.69, 9.17) is 24.5 Å². The molecule has 3 aliphatic carbocycles. The van der Waals surface area contributed by atoms with Gasteiger partial charge < -0.3 is 34.7 Å². The normalized spacial score (nSPS) is 26.7. The Bertz CT molecular complexity index is 2520. The number of fused-ring (bicyclic) bond motifs is 2. The van der Waals surface area contributed by atoms with Gasteiger partial charge in [-0.1, -0.05) is 111 Å². The molecule has 4 heterocycles. The van der Waals surface area contributed by atoms with Gasteiger partial charge in [-0.2, -0.15) is 4.89 Å². The Morgan fingerprint density at radius 3 is 1.88 bits per heavy atom. The molecule has 2 aliphatic heterocycles. The van der Waals surface area contributed by atoms with E-state index in [-0.39, 0.29) is 36.0 Å². The second-order valence-electron chi connectivity index (χ2n) is 19.6. The summed E-state index contributed by atoms with van der Waals surface area (Å²) in [5.41, 5.74) is 6.03. The molecule has 2 aromatic heterocycles. The molecule has 14 heteroatoms. The fourth-order valence-corrected chi connectivity index (χ4v) is 12.6. The number of aliphatic imine (C=N–C) groups is 1. The van der Waals surface area contributed by atoms with Gasteiger partial charge in [0.1, 0.15) is 17.7 Å². The van der Waals surface area contributed by atoms with Crippen LogP contribution in [0.25, 0.3) is 11.3 Å². The number of carbonyl (C=O) groups is 3. The van der Waals surface area contributed by atoms with Gasteiger partial charge in [0.15, 0.2) is 6.04 Å². The van der Waals surface area contributed by atoms with E-state index >= 15 is 0 Å². The summed E-state index contributed by atoms with van der Waals surface area (Å²) in [5.74, 6) is 3.13. The van der Waals surface area contributed by atoms with Crippen molar-refractivity contribution < 1.29 is 28.9 Å². The smallest absolute Gasteiger partial charge is 0.407 e. The standard InChI is InChI=1S/C54H64N8O6/c1-66-54(65)60-49(39-15-7-4-8-16-39)53(64)62-45-20-12-10-18-41(45)30-47(62)51-56-32-43(59-51)37-27-23-35(24-28-37)34-21-25-36(26-22-34)42-31-55-50(58-42)46-29-40-17-9-11-19-44(40)61(46)52(63)48(57-33-68-67-2)38-13-5-3-6-14-38/h3-8,13-16,21-22,25-26,31-33,35,37,40-41,44-49H,9-12,17-20,23-24,27-30H2,1-2H3,(H,55,58)(H,56,59)(H,60,65)/b57-33-/t35-,37-,40-,41-,44-,45-,46+,47+,48-,49-/m1/s1. The van der Waals surface area contributed by atoms with Crippen molar-refractivity contribution >= 4 is 24.3 Å². The molecule has 356 valence electrons. The molecule has 3 N–H and O–H groups in total. The van der Waals surface area contributed by atoms with Crippen LogP contribution in [0.15, 0.2) is 102 Å². The molecule has 10 rings (SSSR count). The highest BCUT2D eigenvalue weighted by molar-refractivity contribution is 5.88. The van der Waals surface area contributed by atoms with Gasteiger partial charge >= 0.3 is 6.09 Å². The van der Waals surface area contributed by atoms with E-state index in [0.717, 1.165) is 117 Å². The number of H-pyrrole nitrogens is 2. The van der Waals surface area contributed by atoms with Crippen LogP contribution in [-0.4, -0.2) is 80.3 Å². The number of methoxy groups -OCH3 is 1. The maximum absolute atomic E-state index is 14.6. The Labute approximate surface area is 398 Å². The fourth-order valence-electron chi connectivity index (χ4n) is 12.6. The summed E-state index contributed by atoms with van der Waals surface area (Å²) in [7, 11) is 2.74. The number of aromatic nitrogens is 4. The minimum atomic E-state index is -0.852. The number of aromatic amines is 2. The lowest BCUT2D eigenvalue weighted by atomic mass is 9.77. The topological polar surface area (TPSA) is 167 Å². The second kappa shape index (κ2) is 20.5. The van der Waals surface area contributed by atoms with E-state index in [1.165, 1.54) is 39.0 Å². The lowest BCUT2D eigenvalue weighted by Gasteiger charge is -2.36. The summed E-state index contributed by atoms with van der Waals surface area (Å²) in [4.78, 5) is 77.5. The van der Waals surface area contributed by atoms with E-state index in [0.29, 0.717) is 23.7 Å².